The van der Waals surface area contributed by atoms with Crippen LogP contribution in [0.1, 0.15) is 25.0 Å². The highest BCUT2D eigenvalue weighted by Gasteiger charge is 2.26. The van der Waals surface area contributed by atoms with Crippen LogP contribution in [-0.2, 0) is 11.8 Å². The van der Waals surface area contributed by atoms with Crippen molar-refractivity contribution in [3.63, 3.8) is 0 Å². The lowest BCUT2D eigenvalue weighted by Crippen LogP contribution is -2.23. The standard InChI is InChI=1S/C13H18O3/c1-13(2,8-14)10-7-11-9(4-5-16-11)6-12(10)15-3/h6-7,14H,4-5,8H2,1-3H3. The van der Waals surface area contributed by atoms with Crippen LogP contribution >= 0.6 is 0 Å². The number of hydrogen-bond donors (Lipinski definition) is 1. The zero-order valence-electron chi connectivity index (χ0n) is 10.0. The topological polar surface area (TPSA) is 38.7 Å². The zero-order valence-corrected chi connectivity index (χ0v) is 10.0. The molecule has 0 saturated heterocycles. The van der Waals surface area contributed by atoms with E-state index < -0.39 is 0 Å². The van der Waals surface area contributed by atoms with Crippen molar-refractivity contribution in [1.82, 2.24) is 0 Å². The Morgan fingerprint density at radius 3 is 2.81 bits per heavy atom. The molecule has 16 heavy (non-hydrogen) atoms. The fraction of sp³-hybridized carbons (Fsp3) is 0.538. The molecule has 0 saturated carbocycles. The molecule has 0 aromatic heterocycles. The van der Waals surface area contributed by atoms with Gasteiger partial charge in [-0.05, 0) is 12.1 Å². The molecule has 0 atom stereocenters. The SMILES string of the molecule is COc1cc2c(cc1C(C)(C)CO)OCC2. The first-order chi connectivity index (χ1) is 7.58. The van der Waals surface area contributed by atoms with Crippen LogP contribution in [0.25, 0.3) is 0 Å². The van der Waals surface area contributed by atoms with E-state index in [0.717, 1.165) is 30.1 Å². The number of fused-ring (bicyclic) bond motifs is 1. The molecule has 2 rings (SSSR count). The first kappa shape index (κ1) is 11.3. The molecule has 1 aromatic rings. The van der Waals surface area contributed by atoms with Crippen molar-refractivity contribution in [2.45, 2.75) is 25.7 Å². The molecule has 0 fully saturated rings. The third-order valence-electron chi connectivity index (χ3n) is 3.14. The van der Waals surface area contributed by atoms with Gasteiger partial charge < -0.3 is 14.6 Å². The Bertz CT molecular complexity index is 396. The summed E-state index contributed by atoms with van der Waals surface area (Å²) in [6.45, 7) is 4.81. The van der Waals surface area contributed by atoms with Gasteiger partial charge in [0.1, 0.15) is 11.5 Å². The van der Waals surface area contributed by atoms with Crippen molar-refractivity contribution in [3.8, 4) is 11.5 Å². The molecular weight excluding hydrogens is 204 g/mol. The van der Waals surface area contributed by atoms with Gasteiger partial charge in [0, 0.05) is 23.0 Å². The quantitative estimate of drug-likeness (QED) is 0.849. The van der Waals surface area contributed by atoms with Gasteiger partial charge in [-0.2, -0.15) is 0 Å². The van der Waals surface area contributed by atoms with Crippen LogP contribution in [0.15, 0.2) is 12.1 Å². The van der Waals surface area contributed by atoms with Gasteiger partial charge in [-0.25, -0.2) is 0 Å². The number of benzene rings is 1. The van der Waals surface area contributed by atoms with E-state index in [1.807, 2.05) is 26.0 Å². The van der Waals surface area contributed by atoms with Crippen LogP contribution in [-0.4, -0.2) is 25.4 Å². The van der Waals surface area contributed by atoms with Crippen molar-refractivity contribution < 1.29 is 14.6 Å². The summed E-state index contributed by atoms with van der Waals surface area (Å²) in [6.07, 6.45) is 0.936. The van der Waals surface area contributed by atoms with Gasteiger partial charge in [0.15, 0.2) is 0 Å². The molecule has 1 aliphatic heterocycles. The normalized spacial score (nSPS) is 14.5. The van der Waals surface area contributed by atoms with Gasteiger partial charge in [-0.15, -0.1) is 0 Å². The number of rotatable bonds is 3. The Balaban J connectivity index is 2.52. The molecule has 88 valence electrons. The summed E-state index contributed by atoms with van der Waals surface area (Å²) in [5.74, 6) is 1.76. The summed E-state index contributed by atoms with van der Waals surface area (Å²) in [5.41, 5.74) is 1.87. The summed E-state index contributed by atoms with van der Waals surface area (Å²) >= 11 is 0. The molecule has 1 aliphatic rings. The average Bonchev–Trinajstić information content (AvgIpc) is 2.74. The maximum Gasteiger partial charge on any atom is 0.123 e. The lowest BCUT2D eigenvalue weighted by atomic mass is 9.84. The first-order valence-corrected chi connectivity index (χ1v) is 5.53. The van der Waals surface area contributed by atoms with Crippen LogP contribution in [0.3, 0.4) is 0 Å². The average molecular weight is 222 g/mol. The first-order valence-electron chi connectivity index (χ1n) is 5.53. The van der Waals surface area contributed by atoms with Crippen molar-refractivity contribution in [3.05, 3.63) is 23.3 Å². The summed E-state index contributed by atoms with van der Waals surface area (Å²) in [4.78, 5) is 0. The molecule has 1 aromatic carbocycles. The van der Waals surface area contributed by atoms with E-state index in [2.05, 4.69) is 0 Å². The molecule has 3 nitrogen and oxygen atoms in total. The fourth-order valence-electron chi connectivity index (χ4n) is 1.99. The Kier molecular flexibility index (Phi) is 2.80. The van der Waals surface area contributed by atoms with Gasteiger partial charge in [0.2, 0.25) is 0 Å². The number of hydrogen-bond acceptors (Lipinski definition) is 3. The Morgan fingerprint density at radius 2 is 2.19 bits per heavy atom. The minimum atomic E-state index is -0.313. The molecule has 1 N–H and O–H groups in total. The van der Waals surface area contributed by atoms with Crippen LogP contribution in [0.2, 0.25) is 0 Å². The lowest BCUT2D eigenvalue weighted by molar-refractivity contribution is 0.214. The third-order valence-corrected chi connectivity index (χ3v) is 3.14. The smallest absolute Gasteiger partial charge is 0.123 e. The Hall–Kier alpha value is -1.22. The van der Waals surface area contributed by atoms with E-state index in [-0.39, 0.29) is 12.0 Å². The molecule has 0 unspecified atom stereocenters. The lowest BCUT2D eigenvalue weighted by Gasteiger charge is -2.25. The maximum atomic E-state index is 9.42. The molecule has 0 aliphatic carbocycles. The summed E-state index contributed by atoms with van der Waals surface area (Å²) in [5, 5.41) is 9.42. The molecule has 3 heteroatoms. The molecule has 0 amide bonds. The second-order valence-corrected chi connectivity index (χ2v) is 4.80. The van der Waals surface area contributed by atoms with Crippen LogP contribution in [0.4, 0.5) is 0 Å². The zero-order chi connectivity index (χ0) is 11.8. The van der Waals surface area contributed by atoms with Crippen molar-refractivity contribution in [2.24, 2.45) is 0 Å². The molecule has 0 bridgehead atoms. The second-order valence-electron chi connectivity index (χ2n) is 4.80. The summed E-state index contributed by atoms with van der Waals surface area (Å²) in [6, 6.07) is 4.02. The summed E-state index contributed by atoms with van der Waals surface area (Å²) < 4.78 is 10.9. The number of ether oxygens (including phenoxy) is 2. The molecular formula is C13H18O3. The predicted molar refractivity (Wildman–Crippen MR) is 62.3 cm³/mol. The molecule has 0 spiro atoms. The molecule has 0 radical (unpaired) electrons. The number of aliphatic hydroxyl groups excluding tert-OH is 1. The third kappa shape index (κ3) is 1.76. The van der Waals surface area contributed by atoms with E-state index in [1.54, 1.807) is 7.11 Å². The largest absolute Gasteiger partial charge is 0.496 e. The second kappa shape index (κ2) is 3.98. The van der Waals surface area contributed by atoms with Gasteiger partial charge in [-0.1, -0.05) is 13.8 Å². The van der Waals surface area contributed by atoms with Crippen molar-refractivity contribution in [1.29, 1.82) is 0 Å². The van der Waals surface area contributed by atoms with E-state index in [0.29, 0.717) is 0 Å². The Labute approximate surface area is 96.0 Å². The van der Waals surface area contributed by atoms with E-state index >= 15 is 0 Å². The maximum absolute atomic E-state index is 9.42. The molecule has 1 heterocycles. The monoisotopic (exact) mass is 222 g/mol. The van der Waals surface area contributed by atoms with Crippen LogP contribution < -0.4 is 9.47 Å². The highest BCUT2D eigenvalue weighted by Crippen LogP contribution is 2.38. The van der Waals surface area contributed by atoms with E-state index in [1.165, 1.54) is 5.56 Å². The Morgan fingerprint density at radius 1 is 1.44 bits per heavy atom. The highest BCUT2D eigenvalue weighted by molar-refractivity contribution is 5.50. The predicted octanol–water partition coefficient (Wildman–Crippen LogP) is 1.90. The number of methoxy groups -OCH3 is 1. The summed E-state index contributed by atoms with van der Waals surface area (Å²) in [7, 11) is 1.66. The van der Waals surface area contributed by atoms with Crippen molar-refractivity contribution in [2.75, 3.05) is 20.3 Å². The highest BCUT2D eigenvalue weighted by atomic mass is 16.5. The van der Waals surface area contributed by atoms with Gasteiger partial charge in [0.25, 0.3) is 0 Å². The van der Waals surface area contributed by atoms with E-state index in [4.69, 9.17) is 9.47 Å². The van der Waals surface area contributed by atoms with Crippen LogP contribution in [0.5, 0.6) is 11.5 Å². The van der Waals surface area contributed by atoms with Gasteiger partial charge >= 0.3 is 0 Å². The minimum absolute atomic E-state index is 0.0855. The van der Waals surface area contributed by atoms with Gasteiger partial charge in [0.05, 0.1) is 20.3 Å². The van der Waals surface area contributed by atoms with E-state index in [9.17, 15) is 5.11 Å². The minimum Gasteiger partial charge on any atom is -0.496 e. The van der Waals surface area contributed by atoms with Crippen LogP contribution in [0, 0.1) is 0 Å². The fourth-order valence-corrected chi connectivity index (χ4v) is 1.99. The van der Waals surface area contributed by atoms with Crippen molar-refractivity contribution >= 4 is 0 Å². The number of aliphatic hydroxyl groups is 1. The van der Waals surface area contributed by atoms with Gasteiger partial charge in [-0.3, -0.25) is 0 Å².